The molecule has 0 atom stereocenters. The van der Waals surface area contributed by atoms with Crippen LogP contribution in [0.15, 0.2) is 18.2 Å². The van der Waals surface area contributed by atoms with Crippen molar-refractivity contribution in [3.05, 3.63) is 28.3 Å². The van der Waals surface area contributed by atoms with E-state index in [1.54, 1.807) is 6.07 Å². The number of hydrogen-bond acceptors (Lipinski definition) is 5. The number of nitro benzene ring substituents is 1. The number of non-ortho nitro benzene ring substituents is 1. The van der Waals surface area contributed by atoms with Gasteiger partial charge < -0.3 is 10.7 Å². The van der Waals surface area contributed by atoms with Gasteiger partial charge in [0.25, 0.3) is 5.69 Å². The Bertz CT molecular complexity index is 511. The van der Waals surface area contributed by atoms with E-state index in [2.05, 4.69) is 38.4 Å². The fourth-order valence-electron chi connectivity index (χ4n) is 2.61. The van der Waals surface area contributed by atoms with Crippen LogP contribution in [0.3, 0.4) is 0 Å². The minimum absolute atomic E-state index is 0.0224. The average Bonchev–Trinajstić information content (AvgIpc) is 2.71. The Morgan fingerprint density at radius 1 is 1.16 bits per heavy atom. The number of hydrazine groups is 1. The maximum Gasteiger partial charge on any atom is 0.273 e. The first kappa shape index (κ1) is 13.6. The van der Waals surface area contributed by atoms with E-state index in [4.69, 9.17) is 5.84 Å². The largest absolute Gasteiger partial charge is 0.381 e. The third kappa shape index (κ3) is 2.12. The summed E-state index contributed by atoms with van der Waals surface area (Å²) in [5, 5.41) is 14.3. The molecule has 0 aliphatic heterocycles. The lowest BCUT2D eigenvalue weighted by molar-refractivity contribution is -0.384. The monoisotopic (exact) mass is 264 g/mol. The second-order valence-corrected chi connectivity index (χ2v) is 6.19. The summed E-state index contributed by atoms with van der Waals surface area (Å²) in [6.45, 7) is 8.74. The number of nitrogens with two attached hydrogens (primary N) is 1. The fourth-order valence-corrected chi connectivity index (χ4v) is 2.61. The van der Waals surface area contributed by atoms with Gasteiger partial charge in [-0.3, -0.25) is 16.0 Å². The predicted molar refractivity (Wildman–Crippen MR) is 75.9 cm³/mol. The number of nitrogens with zero attached hydrogens (tertiary/aromatic N) is 1. The summed E-state index contributed by atoms with van der Waals surface area (Å²) in [6.07, 6.45) is 0. The van der Waals surface area contributed by atoms with Gasteiger partial charge in [-0.05, 0) is 16.9 Å². The molecule has 0 saturated heterocycles. The van der Waals surface area contributed by atoms with Crippen LogP contribution in [0.5, 0.6) is 0 Å². The van der Waals surface area contributed by atoms with E-state index in [0.717, 1.165) is 0 Å². The molecular formula is C13H20N4O2. The number of benzene rings is 1. The summed E-state index contributed by atoms with van der Waals surface area (Å²) in [5.74, 6) is 5.34. The van der Waals surface area contributed by atoms with Crippen molar-refractivity contribution in [1.29, 1.82) is 0 Å². The molecular weight excluding hydrogens is 244 g/mol. The summed E-state index contributed by atoms with van der Waals surface area (Å²) >= 11 is 0. The Labute approximate surface area is 112 Å². The number of rotatable bonds is 4. The Morgan fingerprint density at radius 3 is 2.11 bits per heavy atom. The number of nitrogens with one attached hydrogen (secondary N) is 2. The molecule has 4 N–H and O–H groups in total. The summed E-state index contributed by atoms with van der Waals surface area (Å²) < 4.78 is 0. The summed E-state index contributed by atoms with van der Waals surface area (Å²) in [5.41, 5.74) is 4.03. The van der Waals surface area contributed by atoms with E-state index >= 15 is 0 Å². The first-order chi connectivity index (χ1) is 8.70. The Morgan fingerprint density at radius 2 is 1.68 bits per heavy atom. The van der Waals surface area contributed by atoms with E-state index in [0.29, 0.717) is 11.4 Å². The van der Waals surface area contributed by atoms with Gasteiger partial charge in [-0.25, -0.2) is 0 Å². The van der Waals surface area contributed by atoms with Crippen LogP contribution in [0.2, 0.25) is 0 Å². The molecule has 6 heteroatoms. The maximum absolute atomic E-state index is 10.9. The van der Waals surface area contributed by atoms with E-state index in [1.807, 2.05) is 0 Å². The van der Waals surface area contributed by atoms with Gasteiger partial charge in [0, 0.05) is 23.9 Å². The highest BCUT2D eigenvalue weighted by atomic mass is 16.6. The van der Waals surface area contributed by atoms with Crippen LogP contribution in [0.1, 0.15) is 27.7 Å². The van der Waals surface area contributed by atoms with E-state index in [9.17, 15) is 10.1 Å². The fraction of sp³-hybridized carbons (Fsp3) is 0.538. The van der Waals surface area contributed by atoms with Gasteiger partial charge in [0.1, 0.15) is 0 Å². The number of nitrogen functional groups attached to an aromatic ring is 1. The smallest absolute Gasteiger partial charge is 0.273 e. The number of nitro groups is 1. The van der Waals surface area contributed by atoms with Crippen LogP contribution in [-0.4, -0.2) is 11.0 Å². The summed E-state index contributed by atoms with van der Waals surface area (Å²) in [6, 6.07) is 5.00. The molecule has 0 unspecified atom stereocenters. The van der Waals surface area contributed by atoms with Gasteiger partial charge in [0.05, 0.1) is 10.6 Å². The van der Waals surface area contributed by atoms with Gasteiger partial charge in [-0.1, -0.05) is 27.7 Å². The molecule has 6 nitrogen and oxygen atoms in total. The topological polar surface area (TPSA) is 93.2 Å². The number of anilines is 2. The van der Waals surface area contributed by atoms with Crippen molar-refractivity contribution in [2.45, 2.75) is 33.7 Å². The first-order valence-electron chi connectivity index (χ1n) is 6.23. The molecule has 1 fully saturated rings. The first-order valence-corrected chi connectivity index (χ1v) is 6.23. The molecule has 0 amide bonds. The van der Waals surface area contributed by atoms with E-state index in [-0.39, 0.29) is 22.6 Å². The SMILES string of the molecule is CC1(C)C(Nc2cc(NN)cc([N+](=O)[O-])c2)C1(C)C. The summed E-state index contributed by atoms with van der Waals surface area (Å²) in [7, 11) is 0. The highest BCUT2D eigenvalue weighted by molar-refractivity contribution is 5.64. The van der Waals surface area contributed by atoms with Gasteiger partial charge in [0.15, 0.2) is 0 Å². The zero-order valence-electron chi connectivity index (χ0n) is 11.7. The second kappa shape index (κ2) is 4.09. The second-order valence-electron chi connectivity index (χ2n) is 6.19. The van der Waals surface area contributed by atoms with Crippen molar-refractivity contribution in [2.75, 3.05) is 10.7 Å². The quantitative estimate of drug-likeness (QED) is 0.441. The Hall–Kier alpha value is -1.82. The van der Waals surface area contributed by atoms with Gasteiger partial charge >= 0.3 is 0 Å². The molecule has 19 heavy (non-hydrogen) atoms. The predicted octanol–water partition coefficient (Wildman–Crippen LogP) is 2.73. The summed E-state index contributed by atoms with van der Waals surface area (Å²) in [4.78, 5) is 10.5. The standard InChI is InChI=1S/C13H20N4O2/c1-12(2)11(13(12,3)4)15-8-5-9(16-14)7-10(6-8)17(18)19/h5-7,11,15-16H,14H2,1-4H3. The maximum atomic E-state index is 10.9. The van der Waals surface area contributed by atoms with Crippen molar-refractivity contribution >= 4 is 17.1 Å². The molecule has 1 aromatic carbocycles. The van der Waals surface area contributed by atoms with Gasteiger partial charge in [-0.15, -0.1) is 0 Å². The molecule has 0 aromatic heterocycles. The lowest BCUT2D eigenvalue weighted by atomic mass is 10.0. The minimum Gasteiger partial charge on any atom is -0.381 e. The van der Waals surface area contributed by atoms with Crippen molar-refractivity contribution in [3.8, 4) is 0 Å². The lowest BCUT2D eigenvalue weighted by Crippen LogP contribution is -2.12. The molecule has 1 aliphatic rings. The van der Waals surface area contributed by atoms with Crippen LogP contribution in [0.4, 0.5) is 17.1 Å². The third-order valence-corrected chi connectivity index (χ3v) is 4.63. The van der Waals surface area contributed by atoms with Gasteiger partial charge in [0.2, 0.25) is 0 Å². The van der Waals surface area contributed by atoms with Crippen molar-refractivity contribution in [3.63, 3.8) is 0 Å². The molecule has 0 spiro atoms. The third-order valence-electron chi connectivity index (χ3n) is 4.63. The highest BCUT2D eigenvalue weighted by Gasteiger charge is 2.64. The number of hydrogen-bond donors (Lipinski definition) is 3. The normalized spacial score (nSPS) is 19.8. The van der Waals surface area contributed by atoms with Crippen LogP contribution in [0.25, 0.3) is 0 Å². The molecule has 104 valence electrons. The molecule has 0 radical (unpaired) electrons. The van der Waals surface area contributed by atoms with Crippen molar-refractivity contribution in [1.82, 2.24) is 0 Å². The molecule has 2 rings (SSSR count). The highest BCUT2D eigenvalue weighted by Crippen LogP contribution is 2.63. The zero-order valence-corrected chi connectivity index (χ0v) is 11.7. The average molecular weight is 264 g/mol. The van der Waals surface area contributed by atoms with Crippen LogP contribution < -0.4 is 16.6 Å². The molecule has 1 aliphatic carbocycles. The van der Waals surface area contributed by atoms with Crippen LogP contribution in [-0.2, 0) is 0 Å². The lowest BCUT2D eigenvalue weighted by Gasteiger charge is -2.10. The van der Waals surface area contributed by atoms with Gasteiger partial charge in [-0.2, -0.15) is 0 Å². The van der Waals surface area contributed by atoms with E-state index in [1.165, 1.54) is 12.1 Å². The zero-order chi connectivity index (χ0) is 14.4. The molecule has 1 aromatic rings. The molecule has 0 bridgehead atoms. The van der Waals surface area contributed by atoms with Crippen molar-refractivity contribution < 1.29 is 4.92 Å². The molecule has 0 heterocycles. The Balaban J connectivity index is 2.27. The molecule has 1 saturated carbocycles. The van der Waals surface area contributed by atoms with Crippen LogP contribution in [0, 0.1) is 20.9 Å². The van der Waals surface area contributed by atoms with Crippen LogP contribution >= 0.6 is 0 Å². The van der Waals surface area contributed by atoms with Crippen molar-refractivity contribution in [2.24, 2.45) is 16.7 Å². The Kier molecular flexibility index (Phi) is 2.93. The van der Waals surface area contributed by atoms with E-state index < -0.39 is 4.92 Å². The minimum atomic E-state index is -0.421.